The van der Waals surface area contributed by atoms with Crippen LogP contribution in [0.5, 0.6) is 0 Å². The summed E-state index contributed by atoms with van der Waals surface area (Å²) in [6, 6.07) is 0. The van der Waals surface area contributed by atoms with Gasteiger partial charge in [-0.1, -0.05) is 96.8 Å². The Balaban J connectivity index is 3.20. The molecule has 0 saturated carbocycles. The molecule has 138 valence electrons. The molecule has 0 aliphatic rings. The van der Waals surface area contributed by atoms with E-state index in [1.807, 2.05) is 0 Å². The molecule has 0 aromatic carbocycles. The van der Waals surface area contributed by atoms with E-state index < -0.39 is 5.97 Å². The zero-order chi connectivity index (χ0) is 17.2. The van der Waals surface area contributed by atoms with Gasteiger partial charge in [0.25, 0.3) is 0 Å². The number of unbranched alkanes of at least 4 members (excludes halogenated alkanes) is 13. The van der Waals surface area contributed by atoms with Crippen LogP contribution in [0.15, 0.2) is 0 Å². The molecule has 0 bridgehead atoms. The van der Waals surface area contributed by atoms with E-state index in [1.54, 1.807) is 0 Å². The van der Waals surface area contributed by atoms with Crippen molar-refractivity contribution in [1.29, 1.82) is 0 Å². The molecule has 23 heavy (non-hydrogen) atoms. The van der Waals surface area contributed by atoms with Crippen molar-refractivity contribution in [3.05, 3.63) is 0 Å². The normalized spacial score (nSPS) is 12.3. The molecule has 0 aromatic rings. The maximum atomic E-state index is 11.2. The second kappa shape index (κ2) is 18.1. The zero-order valence-electron chi connectivity index (χ0n) is 15.1. The average Bonchev–Trinajstić information content (AvgIpc) is 2.58. The first-order valence-corrected chi connectivity index (χ1v) is 10.4. The van der Waals surface area contributed by atoms with Gasteiger partial charge in [0.15, 0.2) is 0 Å². The maximum Gasteiger partial charge on any atom is 0.345 e. The van der Waals surface area contributed by atoms with Crippen molar-refractivity contribution in [2.75, 3.05) is 5.75 Å². The van der Waals surface area contributed by atoms with Gasteiger partial charge in [-0.25, -0.2) is 4.79 Å². The minimum Gasteiger partial charge on any atom is -0.301 e. The van der Waals surface area contributed by atoms with Crippen LogP contribution in [0.25, 0.3) is 0 Å². The Morgan fingerprint density at radius 2 is 1.22 bits per heavy atom. The van der Waals surface area contributed by atoms with Gasteiger partial charge in [0.2, 0.25) is 0 Å². The van der Waals surface area contributed by atoms with E-state index in [1.165, 1.54) is 77.0 Å². The van der Waals surface area contributed by atoms with Gasteiger partial charge in [-0.2, -0.15) is 17.9 Å². The van der Waals surface area contributed by atoms with Crippen LogP contribution in [0.1, 0.15) is 103 Å². The van der Waals surface area contributed by atoms with Crippen LogP contribution < -0.4 is 0 Å². The molecule has 0 heterocycles. The van der Waals surface area contributed by atoms with Gasteiger partial charge >= 0.3 is 5.97 Å². The van der Waals surface area contributed by atoms with Gasteiger partial charge in [0.1, 0.15) is 0 Å². The van der Waals surface area contributed by atoms with E-state index in [0.717, 1.165) is 19.3 Å². The van der Waals surface area contributed by atoms with Crippen molar-refractivity contribution in [2.45, 2.75) is 103 Å². The fourth-order valence-corrected chi connectivity index (χ4v) is 3.28. The quantitative estimate of drug-likeness (QED) is 0.138. The lowest BCUT2D eigenvalue weighted by Crippen LogP contribution is -2.17. The molecule has 0 saturated heterocycles. The molecule has 0 radical (unpaired) electrons. The van der Waals surface area contributed by atoms with E-state index in [2.05, 4.69) is 24.4 Å². The second-order valence-corrected chi connectivity index (χ2v) is 7.04. The van der Waals surface area contributed by atoms with E-state index >= 15 is 0 Å². The summed E-state index contributed by atoms with van der Waals surface area (Å²) in [6.07, 6.45) is 19.4. The SMILES string of the molecule is CCCCCCCCCCCCCCCCC(CS)C(=O)OO. The predicted octanol–water partition coefficient (Wildman–Crippen LogP) is 6.42. The molecule has 1 unspecified atom stereocenters. The van der Waals surface area contributed by atoms with Crippen LogP contribution in [0.2, 0.25) is 0 Å². The number of hydrogen-bond acceptors (Lipinski definition) is 4. The van der Waals surface area contributed by atoms with Gasteiger partial charge in [0, 0.05) is 5.75 Å². The lowest BCUT2D eigenvalue weighted by molar-refractivity contribution is -0.238. The minimum atomic E-state index is -0.547. The first-order valence-electron chi connectivity index (χ1n) is 9.72. The summed E-state index contributed by atoms with van der Waals surface area (Å²) in [5, 5.41) is 8.37. The Morgan fingerprint density at radius 1 is 0.826 bits per heavy atom. The fourth-order valence-electron chi connectivity index (χ4n) is 2.94. The molecule has 3 nitrogen and oxygen atoms in total. The number of carbonyl (C=O) groups is 1. The molecule has 1 N–H and O–H groups in total. The third kappa shape index (κ3) is 15.1. The lowest BCUT2D eigenvalue weighted by Gasteiger charge is -2.09. The predicted molar refractivity (Wildman–Crippen MR) is 101 cm³/mol. The van der Waals surface area contributed by atoms with Gasteiger partial charge in [-0.3, -0.25) is 0 Å². The molecular formula is C19H38O3S. The fraction of sp³-hybridized carbons (Fsp3) is 0.947. The molecule has 4 heteroatoms. The zero-order valence-corrected chi connectivity index (χ0v) is 16.0. The van der Waals surface area contributed by atoms with Crippen LogP contribution in [-0.4, -0.2) is 17.0 Å². The van der Waals surface area contributed by atoms with Crippen LogP contribution in [0, 0.1) is 5.92 Å². The monoisotopic (exact) mass is 346 g/mol. The molecule has 0 amide bonds. The third-order valence-electron chi connectivity index (χ3n) is 4.55. The van der Waals surface area contributed by atoms with Crippen molar-refractivity contribution < 1.29 is 14.9 Å². The highest BCUT2D eigenvalue weighted by molar-refractivity contribution is 7.80. The Labute approximate surface area is 148 Å². The van der Waals surface area contributed by atoms with Crippen molar-refractivity contribution in [1.82, 2.24) is 0 Å². The number of thiol groups is 1. The van der Waals surface area contributed by atoms with Gasteiger partial charge in [-0.15, -0.1) is 0 Å². The van der Waals surface area contributed by atoms with E-state index in [9.17, 15) is 4.79 Å². The van der Waals surface area contributed by atoms with Crippen LogP contribution >= 0.6 is 12.6 Å². The highest BCUT2D eigenvalue weighted by Gasteiger charge is 2.17. The number of hydrogen-bond donors (Lipinski definition) is 2. The van der Waals surface area contributed by atoms with E-state index in [4.69, 9.17) is 5.26 Å². The van der Waals surface area contributed by atoms with Crippen molar-refractivity contribution in [3.63, 3.8) is 0 Å². The largest absolute Gasteiger partial charge is 0.345 e. The summed E-state index contributed by atoms with van der Waals surface area (Å²) in [5.41, 5.74) is 0. The Kier molecular flexibility index (Phi) is 18.0. The summed E-state index contributed by atoms with van der Waals surface area (Å²) in [6.45, 7) is 2.27. The van der Waals surface area contributed by atoms with Crippen LogP contribution in [-0.2, 0) is 9.68 Å². The Morgan fingerprint density at radius 3 is 1.57 bits per heavy atom. The van der Waals surface area contributed by atoms with Crippen LogP contribution in [0.4, 0.5) is 0 Å². The molecule has 0 fully saturated rings. The standard InChI is InChI=1S/C19H38O3S/c1-2-3-4-5-6-7-8-9-10-11-12-13-14-15-16-18(17-23)19(20)22-21/h18,21,23H,2-17H2,1H3. The number of carbonyl (C=O) groups excluding carboxylic acids is 1. The summed E-state index contributed by atoms with van der Waals surface area (Å²) in [5.74, 6) is -0.368. The molecule has 0 rings (SSSR count). The van der Waals surface area contributed by atoms with Gasteiger partial charge in [-0.05, 0) is 6.42 Å². The third-order valence-corrected chi connectivity index (χ3v) is 4.99. The molecule has 1 atom stereocenters. The summed E-state index contributed by atoms with van der Waals surface area (Å²) in [7, 11) is 0. The molecular weight excluding hydrogens is 308 g/mol. The molecule has 0 aliphatic heterocycles. The lowest BCUT2D eigenvalue weighted by atomic mass is 10.0. The summed E-state index contributed by atoms with van der Waals surface area (Å²) >= 11 is 4.12. The van der Waals surface area contributed by atoms with Crippen molar-refractivity contribution in [3.8, 4) is 0 Å². The first-order chi connectivity index (χ1) is 11.3. The molecule has 0 spiro atoms. The smallest absolute Gasteiger partial charge is 0.301 e. The Bertz CT molecular complexity index is 259. The average molecular weight is 347 g/mol. The summed E-state index contributed by atoms with van der Waals surface area (Å²) < 4.78 is 0. The van der Waals surface area contributed by atoms with Crippen LogP contribution in [0.3, 0.4) is 0 Å². The summed E-state index contributed by atoms with van der Waals surface area (Å²) in [4.78, 5) is 15.0. The maximum absolute atomic E-state index is 11.2. The van der Waals surface area contributed by atoms with Crippen molar-refractivity contribution >= 4 is 18.6 Å². The minimum absolute atomic E-state index is 0.263. The van der Waals surface area contributed by atoms with Gasteiger partial charge < -0.3 is 4.89 Å². The first kappa shape index (κ1) is 22.8. The number of rotatable bonds is 17. The topological polar surface area (TPSA) is 46.5 Å². The van der Waals surface area contributed by atoms with Gasteiger partial charge in [0.05, 0.1) is 5.92 Å². The highest BCUT2D eigenvalue weighted by Crippen LogP contribution is 2.16. The van der Waals surface area contributed by atoms with Crippen molar-refractivity contribution in [2.24, 2.45) is 5.92 Å². The van der Waals surface area contributed by atoms with E-state index in [0.29, 0.717) is 5.75 Å². The molecule has 0 aliphatic carbocycles. The van der Waals surface area contributed by atoms with E-state index in [-0.39, 0.29) is 5.92 Å². The second-order valence-electron chi connectivity index (χ2n) is 6.67. The Hall–Kier alpha value is -0.220. The highest BCUT2D eigenvalue weighted by atomic mass is 32.1. The molecule has 0 aromatic heterocycles.